The summed E-state index contributed by atoms with van der Waals surface area (Å²) in [5, 5.41) is 5.07. The molecule has 1 amide bonds. The smallest absolute Gasteiger partial charge is 0.411 e. The minimum Gasteiger partial charge on any atom is -0.490 e. The van der Waals surface area contributed by atoms with Gasteiger partial charge in [0.25, 0.3) is 0 Å². The highest BCUT2D eigenvalue weighted by molar-refractivity contribution is 7.15. The summed E-state index contributed by atoms with van der Waals surface area (Å²) in [6.07, 6.45) is 4.93. The molecule has 1 aliphatic carbocycles. The number of aromatic nitrogens is 2. The number of hydrogen-bond donors (Lipinski definition) is 1. The van der Waals surface area contributed by atoms with E-state index >= 15 is 0 Å². The number of ether oxygens (including phenoxy) is 3. The minimum atomic E-state index is -0.446. The van der Waals surface area contributed by atoms with Gasteiger partial charge in [0.1, 0.15) is 16.9 Å². The fraction of sp³-hybridized carbons (Fsp3) is 0.438. The van der Waals surface area contributed by atoms with Crippen molar-refractivity contribution in [2.75, 3.05) is 18.5 Å². The van der Waals surface area contributed by atoms with Crippen molar-refractivity contribution in [2.24, 2.45) is 0 Å². The Kier molecular flexibility index (Phi) is 7.55. The molecule has 8 heteroatoms. The standard InChI is InChI=1S/C32H37N3O4S/c1-19(2)38-32(36)34-23-10-8-22(9-11-23)30-29(31-33-20(3)21(4)40-31)27-13-12-26(39-25-14-16-37-17-15-25)18-28(27)35(30)24-6-5-7-24/h8-13,18-19,24-25H,5-7,14-17H2,1-4H3,(H,34,36). The zero-order valence-corrected chi connectivity index (χ0v) is 24.5. The number of nitrogens with zero attached hydrogens (tertiary/aromatic N) is 2. The molecule has 2 aliphatic rings. The summed E-state index contributed by atoms with van der Waals surface area (Å²) in [6.45, 7) is 9.40. The molecule has 1 aliphatic heterocycles. The first-order chi connectivity index (χ1) is 19.4. The third-order valence-electron chi connectivity index (χ3n) is 7.88. The predicted molar refractivity (Wildman–Crippen MR) is 161 cm³/mol. The van der Waals surface area contributed by atoms with Gasteiger partial charge in [0.05, 0.1) is 36.2 Å². The van der Waals surface area contributed by atoms with Gasteiger partial charge in [-0.05, 0) is 76.8 Å². The number of carbonyl (C=O) groups excluding carboxylic acids is 1. The molecule has 0 bridgehead atoms. The van der Waals surface area contributed by atoms with Crippen molar-refractivity contribution < 1.29 is 19.0 Å². The number of amides is 1. The third kappa shape index (κ3) is 5.34. The van der Waals surface area contributed by atoms with Crippen LogP contribution >= 0.6 is 11.3 Å². The Hall–Kier alpha value is -3.36. The number of hydrogen-bond acceptors (Lipinski definition) is 6. The topological polar surface area (TPSA) is 74.6 Å². The van der Waals surface area contributed by atoms with Crippen molar-refractivity contribution in [2.45, 2.75) is 78.0 Å². The fourth-order valence-electron chi connectivity index (χ4n) is 5.53. The van der Waals surface area contributed by atoms with Gasteiger partial charge in [-0.3, -0.25) is 5.32 Å². The van der Waals surface area contributed by atoms with Gasteiger partial charge in [-0.2, -0.15) is 0 Å². The van der Waals surface area contributed by atoms with Gasteiger partial charge in [0, 0.05) is 46.5 Å². The van der Waals surface area contributed by atoms with E-state index in [0.717, 1.165) is 60.9 Å². The van der Waals surface area contributed by atoms with Crippen LogP contribution in [0.1, 0.15) is 62.6 Å². The summed E-state index contributed by atoms with van der Waals surface area (Å²) < 4.78 is 19.8. The molecule has 2 aromatic carbocycles. The number of fused-ring (bicyclic) bond motifs is 1. The molecule has 2 aromatic heterocycles. The Morgan fingerprint density at radius 2 is 1.82 bits per heavy atom. The lowest BCUT2D eigenvalue weighted by molar-refractivity contribution is 0.0256. The summed E-state index contributed by atoms with van der Waals surface area (Å²) in [6, 6.07) is 15.0. The van der Waals surface area contributed by atoms with Crippen molar-refractivity contribution in [1.82, 2.24) is 9.55 Å². The number of benzene rings is 2. The van der Waals surface area contributed by atoms with Crippen LogP contribution in [-0.4, -0.2) is 41.1 Å². The Morgan fingerprint density at radius 1 is 1.07 bits per heavy atom. The largest absolute Gasteiger partial charge is 0.490 e. The highest BCUT2D eigenvalue weighted by Gasteiger charge is 2.30. The van der Waals surface area contributed by atoms with Crippen LogP contribution in [0.2, 0.25) is 0 Å². The molecule has 0 atom stereocenters. The molecule has 0 spiro atoms. The summed E-state index contributed by atoms with van der Waals surface area (Å²) in [7, 11) is 0. The second-order valence-electron chi connectivity index (χ2n) is 11.1. The van der Waals surface area contributed by atoms with Crippen molar-refractivity contribution in [3.05, 3.63) is 53.0 Å². The van der Waals surface area contributed by atoms with E-state index in [4.69, 9.17) is 19.2 Å². The van der Waals surface area contributed by atoms with Crippen molar-refractivity contribution in [1.29, 1.82) is 0 Å². The predicted octanol–water partition coefficient (Wildman–Crippen LogP) is 8.29. The molecular formula is C32H37N3O4S. The van der Waals surface area contributed by atoms with Crippen LogP contribution < -0.4 is 10.1 Å². The van der Waals surface area contributed by atoms with Crippen molar-refractivity contribution >= 4 is 34.0 Å². The van der Waals surface area contributed by atoms with E-state index < -0.39 is 6.09 Å². The molecule has 7 nitrogen and oxygen atoms in total. The Bertz CT molecular complexity index is 1490. The summed E-state index contributed by atoms with van der Waals surface area (Å²) in [4.78, 5) is 18.4. The molecule has 40 heavy (non-hydrogen) atoms. The molecule has 4 aromatic rings. The van der Waals surface area contributed by atoms with Gasteiger partial charge < -0.3 is 18.8 Å². The maximum Gasteiger partial charge on any atom is 0.411 e. The van der Waals surface area contributed by atoms with Gasteiger partial charge in [0.2, 0.25) is 0 Å². The molecule has 1 saturated heterocycles. The number of thiazole rings is 1. The lowest BCUT2D eigenvalue weighted by Crippen LogP contribution is -2.25. The van der Waals surface area contributed by atoms with E-state index in [-0.39, 0.29) is 12.2 Å². The number of anilines is 1. The zero-order valence-electron chi connectivity index (χ0n) is 23.7. The summed E-state index contributed by atoms with van der Waals surface area (Å²) in [5.74, 6) is 0.908. The fourth-order valence-corrected chi connectivity index (χ4v) is 6.50. The second kappa shape index (κ2) is 11.3. The quantitative estimate of drug-likeness (QED) is 0.247. The summed E-state index contributed by atoms with van der Waals surface area (Å²) >= 11 is 1.75. The third-order valence-corrected chi connectivity index (χ3v) is 8.97. The number of nitrogens with one attached hydrogen (secondary N) is 1. The van der Waals surface area contributed by atoms with E-state index in [1.807, 2.05) is 26.0 Å². The summed E-state index contributed by atoms with van der Waals surface area (Å²) in [5.41, 5.74) is 6.40. The molecular weight excluding hydrogens is 522 g/mol. The average molecular weight is 560 g/mol. The monoisotopic (exact) mass is 559 g/mol. The number of rotatable bonds is 7. The lowest BCUT2D eigenvalue weighted by Gasteiger charge is -2.30. The Morgan fingerprint density at radius 3 is 2.45 bits per heavy atom. The minimum absolute atomic E-state index is 0.175. The maximum atomic E-state index is 12.2. The van der Waals surface area contributed by atoms with Crippen LogP contribution in [0.3, 0.4) is 0 Å². The van der Waals surface area contributed by atoms with Crippen LogP contribution in [0.25, 0.3) is 32.7 Å². The van der Waals surface area contributed by atoms with Crippen LogP contribution in [0.5, 0.6) is 5.75 Å². The Balaban J connectivity index is 1.47. The molecule has 3 heterocycles. The van der Waals surface area contributed by atoms with Crippen molar-refractivity contribution in [3.63, 3.8) is 0 Å². The highest BCUT2D eigenvalue weighted by atomic mass is 32.1. The lowest BCUT2D eigenvalue weighted by atomic mass is 9.92. The van der Waals surface area contributed by atoms with E-state index in [2.05, 4.69) is 54.1 Å². The van der Waals surface area contributed by atoms with Crippen LogP contribution in [0.15, 0.2) is 42.5 Å². The average Bonchev–Trinajstić information content (AvgIpc) is 3.40. The first kappa shape index (κ1) is 26.8. The molecule has 6 rings (SSSR count). The molecule has 0 unspecified atom stereocenters. The van der Waals surface area contributed by atoms with E-state index in [1.54, 1.807) is 11.3 Å². The van der Waals surface area contributed by atoms with Gasteiger partial charge in [-0.1, -0.05) is 12.1 Å². The molecule has 1 saturated carbocycles. The van der Waals surface area contributed by atoms with Gasteiger partial charge in [-0.15, -0.1) is 11.3 Å². The molecule has 2 fully saturated rings. The van der Waals surface area contributed by atoms with E-state index in [1.165, 1.54) is 33.5 Å². The van der Waals surface area contributed by atoms with Crippen LogP contribution in [-0.2, 0) is 9.47 Å². The second-order valence-corrected chi connectivity index (χ2v) is 12.3. The van der Waals surface area contributed by atoms with Crippen molar-refractivity contribution in [3.8, 4) is 27.6 Å². The SMILES string of the molecule is Cc1nc(-c2c(-c3ccc(NC(=O)OC(C)C)cc3)n(C3CCC3)c3cc(OC4CCOCC4)ccc23)sc1C. The van der Waals surface area contributed by atoms with Gasteiger partial charge in [0.15, 0.2) is 0 Å². The molecule has 0 radical (unpaired) electrons. The first-order valence-corrected chi connectivity index (χ1v) is 15.1. The number of carbonyl (C=O) groups is 1. The van der Waals surface area contributed by atoms with Crippen LogP contribution in [0, 0.1) is 13.8 Å². The highest BCUT2D eigenvalue weighted by Crippen LogP contribution is 2.48. The maximum absolute atomic E-state index is 12.2. The Labute approximate surface area is 239 Å². The van der Waals surface area contributed by atoms with E-state index in [9.17, 15) is 4.79 Å². The van der Waals surface area contributed by atoms with Gasteiger partial charge in [-0.25, -0.2) is 9.78 Å². The molecule has 210 valence electrons. The van der Waals surface area contributed by atoms with Crippen LogP contribution in [0.4, 0.5) is 10.5 Å². The normalized spacial score (nSPS) is 16.3. The van der Waals surface area contributed by atoms with Gasteiger partial charge >= 0.3 is 6.09 Å². The molecule has 1 N–H and O–H groups in total. The first-order valence-electron chi connectivity index (χ1n) is 14.3. The zero-order chi connectivity index (χ0) is 27.8. The van der Waals surface area contributed by atoms with E-state index in [0.29, 0.717) is 11.7 Å². The number of aryl methyl sites for hydroxylation is 2.